The van der Waals surface area contributed by atoms with Gasteiger partial charge < -0.3 is 9.57 Å². The molecule has 1 aromatic rings. The van der Waals surface area contributed by atoms with Gasteiger partial charge in [0, 0.05) is 6.42 Å². The van der Waals surface area contributed by atoms with Crippen LogP contribution in [0.5, 0.6) is 5.75 Å². The molecule has 0 heterocycles. The summed E-state index contributed by atoms with van der Waals surface area (Å²) in [5.74, 6) is -0.278. The number of aldehydes is 1. The summed E-state index contributed by atoms with van der Waals surface area (Å²) in [7, 11) is 0. The van der Waals surface area contributed by atoms with Crippen molar-refractivity contribution in [2.75, 3.05) is 6.61 Å². The van der Waals surface area contributed by atoms with Crippen molar-refractivity contribution in [2.45, 2.75) is 19.3 Å². The average Bonchev–Trinajstić information content (AvgIpc) is 2.38. The first-order chi connectivity index (χ1) is 9.13. The van der Waals surface area contributed by atoms with E-state index >= 15 is 0 Å². The van der Waals surface area contributed by atoms with Crippen LogP contribution < -0.4 is 4.74 Å². The van der Waals surface area contributed by atoms with Gasteiger partial charge in [0.25, 0.3) is 5.09 Å². The molecule has 0 saturated heterocycles. The molecule has 0 radical (unpaired) electrons. The summed E-state index contributed by atoms with van der Waals surface area (Å²) < 4.78 is 5.02. The first-order valence-electron chi connectivity index (χ1n) is 5.65. The van der Waals surface area contributed by atoms with Crippen molar-refractivity contribution < 1.29 is 24.3 Å². The minimum atomic E-state index is -0.876. The molecule has 7 nitrogen and oxygen atoms in total. The highest BCUT2D eigenvalue weighted by Crippen LogP contribution is 2.16. The zero-order valence-corrected chi connectivity index (χ0v) is 10.1. The van der Waals surface area contributed by atoms with Crippen molar-refractivity contribution in [1.82, 2.24) is 0 Å². The number of para-hydroxylation sites is 1. The molecule has 1 rings (SSSR count). The van der Waals surface area contributed by atoms with Gasteiger partial charge in [-0.05, 0) is 25.0 Å². The monoisotopic (exact) mass is 267 g/mol. The number of hydrogen-bond acceptors (Lipinski definition) is 6. The number of rotatable bonds is 8. The van der Waals surface area contributed by atoms with E-state index in [0.29, 0.717) is 24.7 Å². The van der Waals surface area contributed by atoms with Crippen molar-refractivity contribution in [3.05, 3.63) is 39.9 Å². The van der Waals surface area contributed by atoms with Gasteiger partial charge in [-0.1, -0.05) is 12.1 Å². The van der Waals surface area contributed by atoms with Gasteiger partial charge in [-0.3, -0.25) is 9.59 Å². The van der Waals surface area contributed by atoms with Crippen molar-refractivity contribution in [3.8, 4) is 5.75 Å². The van der Waals surface area contributed by atoms with Crippen LogP contribution >= 0.6 is 0 Å². The van der Waals surface area contributed by atoms with Crippen molar-refractivity contribution in [1.29, 1.82) is 0 Å². The maximum atomic E-state index is 11.5. The molecule has 7 heteroatoms. The van der Waals surface area contributed by atoms with Crippen molar-refractivity contribution >= 4 is 12.3 Å². The highest BCUT2D eigenvalue weighted by Gasteiger charge is 2.08. The molecule has 0 saturated carbocycles. The van der Waals surface area contributed by atoms with E-state index in [1.54, 1.807) is 18.2 Å². The topological polar surface area (TPSA) is 95.7 Å². The lowest BCUT2D eigenvalue weighted by Gasteiger charge is -2.06. The van der Waals surface area contributed by atoms with Crippen LogP contribution in [0.4, 0.5) is 0 Å². The summed E-state index contributed by atoms with van der Waals surface area (Å²) in [4.78, 5) is 36.1. The highest BCUT2D eigenvalue weighted by molar-refractivity contribution is 5.82. The molecule has 0 aliphatic heterocycles. The van der Waals surface area contributed by atoms with E-state index in [2.05, 4.69) is 4.84 Å². The van der Waals surface area contributed by atoms with Gasteiger partial charge >= 0.3 is 5.97 Å². The Morgan fingerprint density at radius 1 is 1.32 bits per heavy atom. The molecular formula is C12H13NO6. The molecule has 0 atom stereocenters. The van der Waals surface area contributed by atoms with Crippen LogP contribution in [0, 0.1) is 10.1 Å². The Balaban J connectivity index is 2.31. The van der Waals surface area contributed by atoms with Gasteiger partial charge in [0.2, 0.25) is 0 Å². The van der Waals surface area contributed by atoms with E-state index in [-0.39, 0.29) is 18.8 Å². The van der Waals surface area contributed by atoms with Crippen LogP contribution in [0.15, 0.2) is 24.3 Å². The fraction of sp³-hybridized carbons (Fsp3) is 0.333. The molecule has 0 fully saturated rings. The van der Waals surface area contributed by atoms with Crippen LogP contribution in [0.25, 0.3) is 0 Å². The van der Waals surface area contributed by atoms with Crippen LogP contribution in [-0.2, 0) is 9.63 Å². The van der Waals surface area contributed by atoms with E-state index in [1.165, 1.54) is 6.07 Å². The van der Waals surface area contributed by atoms with E-state index in [4.69, 9.17) is 4.74 Å². The second kappa shape index (κ2) is 7.80. The number of unbranched alkanes of at least 4 members (excludes halogenated alkanes) is 1. The second-order valence-corrected chi connectivity index (χ2v) is 3.64. The first kappa shape index (κ1) is 14.6. The fourth-order valence-corrected chi connectivity index (χ4v) is 1.35. The van der Waals surface area contributed by atoms with Crippen LogP contribution in [0.1, 0.15) is 29.6 Å². The molecule has 0 aliphatic rings. The maximum absolute atomic E-state index is 11.5. The number of ether oxygens (including phenoxy) is 1. The Kier molecular flexibility index (Phi) is 6.00. The van der Waals surface area contributed by atoms with Gasteiger partial charge in [-0.15, -0.1) is 10.1 Å². The third-order valence-electron chi connectivity index (χ3n) is 2.24. The summed E-state index contributed by atoms with van der Waals surface area (Å²) >= 11 is 0. The van der Waals surface area contributed by atoms with Gasteiger partial charge in [0.1, 0.15) is 5.75 Å². The van der Waals surface area contributed by atoms with E-state index in [9.17, 15) is 19.7 Å². The Bertz CT molecular complexity index is 459. The quantitative estimate of drug-likeness (QED) is 0.178. The highest BCUT2D eigenvalue weighted by atomic mass is 16.9. The molecule has 0 bridgehead atoms. The van der Waals surface area contributed by atoms with Gasteiger partial charge in [0.15, 0.2) is 6.29 Å². The lowest BCUT2D eigenvalue weighted by atomic mass is 10.2. The summed E-state index contributed by atoms with van der Waals surface area (Å²) in [6, 6.07) is 6.38. The normalized spacial score (nSPS) is 9.68. The Morgan fingerprint density at radius 2 is 2.05 bits per heavy atom. The Morgan fingerprint density at radius 3 is 2.74 bits per heavy atom. The van der Waals surface area contributed by atoms with Crippen LogP contribution in [0.3, 0.4) is 0 Å². The number of carbonyl (C=O) groups is 2. The van der Waals surface area contributed by atoms with Gasteiger partial charge in [-0.25, -0.2) is 0 Å². The van der Waals surface area contributed by atoms with E-state index in [1.807, 2.05) is 0 Å². The molecule has 102 valence electrons. The van der Waals surface area contributed by atoms with Crippen LogP contribution in [-0.4, -0.2) is 23.9 Å². The predicted molar refractivity (Wildman–Crippen MR) is 64.3 cm³/mol. The number of esters is 1. The van der Waals surface area contributed by atoms with Crippen molar-refractivity contribution in [2.24, 2.45) is 0 Å². The standard InChI is InChI=1S/C12H13NO6/c14-9-10-5-1-2-6-11(10)19-12(15)7-3-4-8-18-13(16)17/h1-2,5-6,9H,3-4,7-8H2. The third kappa shape index (κ3) is 5.62. The summed E-state index contributed by atoms with van der Waals surface area (Å²) in [6.45, 7) is -0.0504. The molecule has 0 unspecified atom stereocenters. The average molecular weight is 267 g/mol. The fourth-order valence-electron chi connectivity index (χ4n) is 1.35. The molecule has 0 amide bonds. The molecule has 0 aliphatic carbocycles. The number of benzene rings is 1. The molecule has 0 spiro atoms. The third-order valence-corrected chi connectivity index (χ3v) is 2.24. The first-order valence-corrected chi connectivity index (χ1v) is 5.65. The number of nitrogens with zero attached hydrogens (tertiary/aromatic N) is 1. The van der Waals surface area contributed by atoms with Crippen molar-refractivity contribution in [3.63, 3.8) is 0 Å². The summed E-state index contributed by atoms with van der Waals surface area (Å²) in [6.07, 6.45) is 1.50. The zero-order chi connectivity index (χ0) is 14.1. The predicted octanol–water partition coefficient (Wildman–Crippen LogP) is 1.78. The maximum Gasteiger partial charge on any atom is 0.311 e. The molecule has 0 aromatic heterocycles. The van der Waals surface area contributed by atoms with Gasteiger partial charge in [-0.2, -0.15) is 0 Å². The number of carbonyl (C=O) groups excluding carboxylic acids is 2. The molecule has 19 heavy (non-hydrogen) atoms. The minimum absolute atomic E-state index is 0.0504. The lowest BCUT2D eigenvalue weighted by Crippen LogP contribution is -2.10. The molecule has 1 aromatic carbocycles. The molecule has 0 N–H and O–H groups in total. The van der Waals surface area contributed by atoms with Crippen LogP contribution in [0.2, 0.25) is 0 Å². The largest absolute Gasteiger partial charge is 0.426 e. The Hall–Kier alpha value is -2.44. The second-order valence-electron chi connectivity index (χ2n) is 3.64. The Labute approximate surface area is 109 Å². The SMILES string of the molecule is O=Cc1ccccc1OC(=O)CCCCO[N+](=O)[O-]. The van der Waals surface area contributed by atoms with Gasteiger partial charge in [0.05, 0.1) is 12.2 Å². The summed E-state index contributed by atoms with van der Waals surface area (Å²) in [5, 5.41) is 8.99. The summed E-state index contributed by atoms with van der Waals surface area (Å²) in [5.41, 5.74) is 0.299. The van der Waals surface area contributed by atoms with E-state index < -0.39 is 11.1 Å². The number of hydrogen-bond donors (Lipinski definition) is 0. The molecular weight excluding hydrogens is 254 g/mol. The smallest absolute Gasteiger partial charge is 0.311 e. The minimum Gasteiger partial charge on any atom is -0.426 e. The zero-order valence-electron chi connectivity index (χ0n) is 10.1. The van der Waals surface area contributed by atoms with E-state index in [0.717, 1.165) is 0 Å². The lowest BCUT2D eigenvalue weighted by molar-refractivity contribution is -0.757.